The van der Waals surface area contributed by atoms with Crippen molar-refractivity contribution < 1.29 is 19.2 Å². The van der Waals surface area contributed by atoms with Gasteiger partial charge in [0.1, 0.15) is 11.1 Å². The molecule has 2 amide bonds. The zero-order valence-electron chi connectivity index (χ0n) is 15.8. The van der Waals surface area contributed by atoms with Crippen molar-refractivity contribution in [1.29, 1.82) is 0 Å². The monoisotopic (exact) mass is 328 g/mol. The van der Waals surface area contributed by atoms with E-state index in [2.05, 4.69) is 5.32 Å². The molecule has 0 aromatic carbocycles. The first kappa shape index (κ1) is 19.7. The van der Waals surface area contributed by atoms with Crippen LogP contribution in [0.25, 0.3) is 0 Å². The SMILES string of the molecule is CON(C)C(=O)C(C)(NC(=O)OC(C)(C)C)C(C)(C)C1CCC1. The number of amides is 2. The number of hydroxylamine groups is 2. The maximum absolute atomic E-state index is 12.9. The molecule has 1 unspecified atom stereocenters. The van der Waals surface area contributed by atoms with Gasteiger partial charge in [0, 0.05) is 7.05 Å². The van der Waals surface area contributed by atoms with Crippen LogP contribution in [0.4, 0.5) is 4.79 Å². The van der Waals surface area contributed by atoms with Gasteiger partial charge in [0.25, 0.3) is 5.91 Å². The van der Waals surface area contributed by atoms with Crippen LogP contribution in [0.3, 0.4) is 0 Å². The van der Waals surface area contributed by atoms with Crippen LogP contribution in [-0.2, 0) is 14.4 Å². The summed E-state index contributed by atoms with van der Waals surface area (Å²) in [5.41, 5.74) is -2.17. The lowest BCUT2D eigenvalue weighted by Crippen LogP contribution is -2.67. The number of hydrogen-bond donors (Lipinski definition) is 1. The van der Waals surface area contributed by atoms with Gasteiger partial charge in [-0.3, -0.25) is 9.63 Å². The highest BCUT2D eigenvalue weighted by Crippen LogP contribution is 2.48. The molecule has 1 fully saturated rings. The fourth-order valence-corrected chi connectivity index (χ4v) is 2.93. The van der Waals surface area contributed by atoms with E-state index in [4.69, 9.17) is 9.57 Å². The highest BCUT2D eigenvalue weighted by molar-refractivity contribution is 5.90. The first-order chi connectivity index (χ1) is 10.3. The minimum atomic E-state index is -1.12. The second kappa shape index (κ2) is 6.67. The first-order valence-corrected chi connectivity index (χ1v) is 8.18. The summed E-state index contributed by atoms with van der Waals surface area (Å²) in [6, 6.07) is 0. The molecule has 0 aliphatic heterocycles. The fourth-order valence-electron chi connectivity index (χ4n) is 2.93. The Bertz CT molecular complexity index is 452. The normalized spacial score (nSPS) is 18.6. The Morgan fingerprint density at radius 2 is 1.61 bits per heavy atom. The smallest absolute Gasteiger partial charge is 0.408 e. The Labute approximate surface area is 139 Å². The molecule has 1 N–H and O–H groups in total. The van der Waals surface area contributed by atoms with E-state index in [-0.39, 0.29) is 5.91 Å². The van der Waals surface area contributed by atoms with E-state index in [9.17, 15) is 9.59 Å². The Morgan fingerprint density at radius 1 is 1.09 bits per heavy atom. The van der Waals surface area contributed by atoms with Crippen LogP contribution in [0.5, 0.6) is 0 Å². The third-order valence-electron chi connectivity index (χ3n) is 5.15. The second-order valence-corrected chi connectivity index (χ2v) is 8.09. The van der Waals surface area contributed by atoms with E-state index < -0.39 is 22.6 Å². The van der Waals surface area contributed by atoms with Crippen LogP contribution in [0.1, 0.15) is 60.8 Å². The van der Waals surface area contributed by atoms with E-state index in [0.29, 0.717) is 5.92 Å². The number of rotatable bonds is 5. The van der Waals surface area contributed by atoms with Gasteiger partial charge in [-0.15, -0.1) is 0 Å². The topological polar surface area (TPSA) is 67.9 Å². The molecule has 6 heteroatoms. The van der Waals surface area contributed by atoms with Crippen molar-refractivity contribution in [3.63, 3.8) is 0 Å². The van der Waals surface area contributed by atoms with Gasteiger partial charge in [0.05, 0.1) is 7.11 Å². The molecule has 0 aromatic rings. The van der Waals surface area contributed by atoms with Crippen molar-refractivity contribution in [3.05, 3.63) is 0 Å². The zero-order chi connectivity index (χ0) is 18.1. The van der Waals surface area contributed by atoms with Crippen molar-refractivity contribution in [2.24, 2.45) is 11.3 Å². The molecule has 1 saturated carbocycles. The first-order valence-electron chi connectivity index (χ1n) is 8.18. The highest BCUT2D eigenvalue weighted by atomic mass is 16.7. The van der Waals surface area contributed by atoms with Crippen LogP contribution in [0, 0.1) is 11.3 Å². The number of nitrogens with zero attached hydrogens (tertiary/aromatic N) is 1. The number of carbonyl (C=O) groups excluding carboxylic acids is 2. The number of ether oxygens (including phenoxy) is 1. The summed E-state index contributed by atoms with van der Waals surface area (Å²) in [5.74, 6) is 0.0828. The van der Waals surface area contributed by atoms with Gasteiger partial charge in [0.15, 0.2) is 0 Å². The van der Waals surface area contributed by atoms with Gasteiger partial charge in [-0.05, 0) is 51.9 Å². The van der Waals surface area contributed by atoms with Crippen LogP contribution in [0.2, 0.25) is 0 Å². The fraction of sp³-hybridized carbons (Fsp3) is 0.882. The summed E-state index contributed by atoms with van der Waals surface area (Å²) in [5, 5.41) is 3.99. The summed E-state index contributed by atoms with van der Waals surface area (Å²) in [4.78, 5) is 30.3. The van der Waals surface area contributed by atoms with Crippen molar-refractivity contribution in [1.82, 2.24) is 10.4 Å². The van der Waals surface area contributed by atoms with Gasteiger partial charge in [0.2, 0.25) is 0 Å². The van der Waals surface area contributed by atoms with E-state index in [0.717, 1.165) is 24.3 Å². The standard InChI is InChI=1S/C17H32N2O4/c1-15(2,3)23-14(21)18-17(6,13(20)19(7)22-8)16(4,5)12-10-9-11-12/h12H,9-11H2,1-8H3,(H,18,21). The summed E-state index contributed by atoms with van der Waals surface area (Å²) >= 11 is 0. The molecule has 6 nitrogen and oxygen atoms in total. The van der Waals surface area contributed by atoms with Crippen molar-refractivity contribution in [2.45, 2.75) is 71.9 Å². The largest absolute Gasteiger partial charge is 0.444 e. The maximum Gasteiger partial charge on any atom is 0.408 e. The number of carbonyl (C=O) groups is 2. The van der Waals surface area contributed by atoms with Crippen LogP contribution in [0.15, 0.2) is 0 Å². The third-order valence-corrected chi connectivity index (χ3v) is 5.15. The molecular weight excluding hydrogens is 296 g/mol. The van der Waals surface area contributed by atoms with Crippen LogP contribution >= 0.6 is 0 Å². The van der Waals surface area contributed by atoms with Gasteiger partial charge in [-0.2, -0.15) is 0 Å². The van der Waals surface area contributed by atoms with Crippen molar-refractivity contribution in [3.8, 4) is 0 Å². The van der Waals surface area contributed by atoms with E-state index in [1.807, 2.05) is 13.8 Å². The summed E-state index contributed by atoms with van der Waals surface area (Å²) in [6.07, 6.45) is 2.68. The number of hydrogen-bond acceptors (Lipinski definition) is 4. The van der Waals surface area contributed by atoms with Crippen molar-refractivity contribution in [2.75, 3.05) is 14.2 Å². The predicted molar refractivity (Wildman–Crippen MR) is 88.7 cm³/mol. The molecule has 134 valence electrons. The van der Waals surface area contributed by atoms with Crippen molar-refractivity contribution >= 4 is 12.0 Å². The Balaban J connectivity index is 3.10. The van der Waals surface area contributed by atoms with Gasteiger partial charge < -0.3 is 10.1 Å². The predicted octanol–water partition coefficient (Wildman–Crippen LogP) is 3.12. The molecule has 1 rings (SSSR count). The van der Waals surface area contributed by atoms with E-state index >= 15 is 0 Å². The van der Waals surface area contributed by atoms with Crippen LogP contribution < -0.4 is 5.32 Å². The average molecular weight is 328 g/mol. The molecule has 0 aromatic heterocycles. The van der Waals surface area contributed by atoms with Gasteiger partial charge >= 0.3 is 6.09 Å². The third kappa shape index (κ3) is 4.16. The molecule has 23 heavy (non-hydrogen) atoms. The maximum atomic E-state index is 12.9. The Morgan fingerprint density at radius 3 is 1.96 bits per heavy atom. The Kier molecular flexibility index (Phi) is 5.73. The molecule has 1 aliphatic rings. The quantitative estimate of drug-likeness (QED) is 0.787. The van der Waals surface area contributed by atoms with E-state index in [1.54, 1.807) is 34.7 Å². The molecule has 0 spiro atoms. The summed E-state index contributed by atoms with van der Waals surface area (Å²) in [7, 11) is 2.98. The molecular formula is C17H32N2O4. The minimum Gasteiger partial charge on any atom is -0.444 e. The van der Waals surface area contributed by atoms with E-state index in [1.165, 1.54) is 7.11 Å². The molecule has 0 heterocycles. The average Bonchev–Trinajstić information content (AvgIpc) is 2.31. The highest BCUT2D eigenvalue weighted by Gasteiger charge is 2.55. The zero-order valence-corrected chi connectivity index (χ0v) is 15.8. The molecule has 1 atom stereocenters. The number of likely N-dealkylation sites (N-methyl/N-ethyl adjacent to an activating group) is 1. The summed E-state index contributed by atoms with van der Waals surface area (Å²) < 4.78 is 5.36. The number of alkyl carbamates (subject to hydrolysis) is 1. The molecule has 0 radical (unpaired) electrons. The Hall–Kier alpha value is -1.30. The lowest BCUT2D eigenvalue weighted by molar-refractivity contribution is -0.183. The second-order valence-electron chi connectivity index (χ2n) is 8.09. The lowest BCUT2D eigenvalue weighted by Gasteiger charge is -2.51. The lowest BCUT2D eigenvalue weighted by atomic mass is 9.58. The minimum absolute atomic E-state index is 0.289. The van der Waals surface area contributed by atoms with Gasteiger partial charge in [-0.25, -0.2) is 9.86 Å². The molecule has 1 aliphatic carbocycles. The number of nitrogens with one attached hydrogen (secondary N) is 1. The molecule has 0 bridgehead atoms. The van der Waals surface area contributed by atoms with Gasteiger partial charge in [-0.1, -0.05) is 20.3 Å². The summed E-state index contributed by atoms with van der Waals surface area (Å²) in [6.45, 7) is 11.2. The molecule has 0 saturated heterocycles. The van der Waals surface area contributed by atoms with Crippen LogP contribution in [-0.4, -0.2) is 42.4 Å².